The lowest BCUT2D eigenvalue weighted by molar-refractivity contribution is 1.18. The van der Waals surface area contributed by atoms with E-state index >= 15 is 0 Å². The molecule has 0 saturated heterocycles. The lowest BCUT2D eigenvalue weighted by Crippen LogP contribution is -2.10. The van der Waals surface area contributed by atoms with Crippen molar-refractivity contribution < 1.29 is 0 Å². The van der Waals surface area contributed by atoms with E-state index in [0.29, 0.717) is 0 Å². The fourth-order valence-corrected chi connectivity index (χ4v) is 6.72. The Morgan fingerprint density at radius 3 is 1.15 bits per heavy atom. The minimum absolute atomic E-state index is 1.12. The largest absolute Gasteiger partial charge is 0.310 e. The molecule has 47 heavy (non-hydrogen) atoms. The molecular weight excluding hydrogens is 571 g/mol. The lowest BCUT2D eigenvalue weighted by Gasteiger charge is -2.26. The molecule has 3 heteroatoms. The zero-order chi connectivity index (χ0) is 31.7. The topological polar surface area (TPSA) is 11.4 Å². The maximum absolute atomic E-state index is 2.39. The summed E-state index contributed by atoms with van der Waals surface area (Å²) in [7, 11) is 0. The summed E-state index contributed by atoms with van der Waals surface area (Å²) in [6, 6.07) is 63.2. The molecule has 0 aliphatic heterocycles. The van der Waals surface area contributed by atoms with Crippen molar-refractivity contribution in [3.8, 4) is 5.69 Å². The SMILES string of the molecule is Cc1cccc(N(c2ccccc2)c2ccc3c(c2)c2cc(N(c4ccccc4)c4cccc(C)c4)ccc2n3-c2ccccc2)c1. The van der Waals surface area contributed by atoms with Crippen LogP contribution >= 0.6 is 0 Å². The second-order valence-corrected chi connectivity index (χ2v) is 12.1. The van der Waals surface area contributed by atoms with Gasteiger partial charge in [0.05, 0.1) is 11.0 Å². The molecule has 1 aromatic heterocycles. The number of hydrogen-bond acceptors (Lipinski definition) is 2. The van der Waals surface area contributed by atoms with Crippen molar-refractivity contribution in [3.05, 3.63) is 187 Å². The van der Waals surface area contributed by atoms with Gasteiger partial charge in [0.2, 0.25) is 0 Å². The zero-order valence-electron chi connectivity index (χ0n) is 26.6. The molecule has 0 fully saturated rings. The number of aryl methyl sites for hydroxylation is 2. The maximum Gasteiger partial charge on any atom is 0.0542 e. The number of anilines is 6. The summed E-state index contributed by atoms with van der Waals surface area (Å²) in [6.45, 7) is 4.30. The first kappa shape index (κ1) is 28.4. The second-order valence-electron chi connectivity index (χ2n) is 12.1. The molecule has 0 amide bonds. The highest BCUT2D eigenvalue weighted by atomic mass is 15.1. The molecule has 0 atom stereocenters. The van der Waals surface area contributed by atoms with Gasteiger partial charge in [-0.3, -0.25) is 0 Å². The minimum atomic E-state index is 1.12. The highest BCUT2D eigenvalue weighted by molar-refractivity contribution is 6.12. The first-order valence-corrected chi connectivity index (χ1v) is 16.1. The zero-order valence-corrected chi connectivity index (χ0v) is 26.6. The van der Waals surface area contributed by atoms with Crippen LogP contribution in [-0.2, 0) is 0 Å². The average Bonchev–Trinajstić information content (AvgIpc) is 3.43. The van der Waals surface area contributed by atoms with Crippen molar-refractivity contribution in [1.82, 2.24) is 4.57 Å². The van der Waals surface area contributed by atoms with Crippen LogP contribution in [0.4, 0.5) is 34.1 Å². The van der Waals surface area contributed by atoms with Crippen LogP contribution in [0.2, 0.25) is 0 Å². The normalized spacial score (nSPS) is 11.2. The molecule has 8 rings (SSSR count). The standard InChI is InChI=1S/C44H35N3/c1-32-14-12-22-37(28-32)45(34-16-6-3-7-17-34)39-24-26-43-41(30-39)42-31-40(25-27-44(42)47(43)36-20-10-5-11-21-36)46(35-18-8-4-9-19-35)38-23-13-15-33(2)29-38/h3-31H,1-2H3. The molecule has 0 spiro atoms. The molecule has 7 aromatic carbocycles. The quantitative estimate of drug-likeness (QED) is 0.179. The third-order valence-electron chi connectivity index (χ3n) is 8.81. The van der Waals surface area contributed by atoms with Crippen LogP contribution in [0.15, 0.2) is 176 Å². The van der Waals surface area contributed by atoms with Crippen LogP contribution in [0.1, 0.15) is 11.1 Å². The minimum Gasteiger partial charge on any atom is -0.310 e. The number of para-hydroxylation sites is 3. The van der Waals surface area contributed by atoms with E-state index in [9.17, 15) is 0 Å². The van der Waals surface area contributed by atoms with Gasteiger partial charge < -0.3 is 14.4 Å². The molecule has 0 unspecified atom stereocenters. The molecular formula is C44H35N3. The Labute approximate surface area is 276 Å². The molecule has 8 aromatic rings. The van der Waals surface area contributed by atoms with Crippen molar-refractivity contribution in [2.75, 3.05) is 9.80 Å². The summed E-state index contributed by atoms with van der Waals surface area (Å²) >= 11 is 0. The van der Waals surface area contributed by atoms with Crippen LogP contribution in [-0.4, -0.2) is 4.57 Å². The number of benzene rings is 7. The summed E-state index contributed by atoms with van der Waals surface area (Å²) in [6.07, 6.45) is 0. The van der Waals surface area contributed by atoms with Gasteiger partial charge in [-0.2, -0.15) is 0 Å². The lowest BCUT2D eigenvalue weighted by atomic mass is 10.1. The Morgan fingerprint density at radius 2 is 0.723 bits per heavy atom. The molecule has 0 aliphatic rings. The highest BCUT2D eigenvalue weighted by Gasteiger charge is 2.20. The Kier molecular flexibility index (Phi) is 7.28. The Morgan fingerprint density at radius 1 is 0.340 bits per heavy atom. The van der Waals surface area contributed by atoms with Crippen LogP contribution in [0, 0.1) is 13.8 Å². The Bertz CT molecular complexity index is 2180. The number of fused-ring (bicyclic) bond motifs is 3. The summed E-state index contributed by atoms with van der Waals surface area (Å²) in [4.78, 5) is 4.70. The van der Waals surface area contributed by atoms with E-state index < -0.39 is 0 Å². The van der Waals surface area contributed by atoms with Crippen molar-refractivity contribution >= 4 is 55.9 Å². The van der Waals surface area contributed by atoms with Crippen LogP contribution < -0.4 is 9.80 Å². The maximum atomic E-state index is 2.39. The van der Waals surface area contributed by atoms with Gasteiger partial charge in [-0.1, -0.05) is 78.9 Å². The number of hydrogen-bond donors (Lipinski definition) is 0. The summed E-state index contributed by atoms with van der Waals surface area (Å²) in [5, 5.41) is 2.41. The van der Waals surface area contributed by atoms with E-state index in [2.05, 4.69) is 204 Å². The molecule has 0 aliphatic carbocycles. The molecule has 226 valence electrons. The molecule has 0 saturated carbocycles. The van der Waals surface area contributed by atoms with E-state index in [1.807, 2.05) is 0 Å². The fourth-order valence-electron chi connectivity index (χ4n) is 6.72. The predicted octanol–water partition coefficient (Wildman–Crippen LogP) is 12.3. The number of rotatable bonds is 7. The summed E-state index contributed by atoms with van der Waals surface area (Å²) in [5.74, 6) is 0. The summed E-state index contributed by atoms with van der Waals surface area (Å²) in [5.41, 5.74) is 12.7. The van der Waals surface area contributed by atoms with Crippen molar-refractivity contribution in [2.45, 2.75) is 13.8 Å². The summed E-state index contributed by atoms with van der Waals surface area (Å²) < 4.78 is 2.39. The van der Waals surface area contributed by atoms with Gasteiger partial charge in [0.1, 0.15) is 0 Å². The van der Waals surface area contributed by atoms with Gasteiger partial charge in [0.15, 0.2) is 0 Å². The van der Waals surface area contributed by atoms with E-state index in [1.165, 1.54) is 32.9 Å². The van der Waals surface area contributed by atoms with Gasteiger partial charge in [-0.05, 0) is 122 Å². The smallest absolute Gasteiger partial charge is 0.0542 e. The number of aromatic nitrogens is 1. The first-order chi connectivity index (χ1) is 23.1. The first-order valence-electron chi connectivity index (χ1n) is 16.1. The van der Waals surface area contributed by atoms with Gasteiger partial charge >= 0.3 is 0 Å². The average molecular weight is 606 g/mol. The fraction of sp³-hybridized carbons (Fsp3) is 0.0455. The second kappa shape index (κ2) is 12.0. The van der Waals surface area contributed by atoms with Crippen molar-refractivity contribution in [3.63, 3.8) is 0 Å². The van der Waals surface area contributed by atoms with Crippen LogP contribution in [0.5, 0.6) is 0 Å². The van der Waals surface area contributed by atoms with Gasteiger partial charge in [-0.25, -0.2) is 0 Å². The van der Waals surface area contributed by atoms with E-state index in [4.69, 9.17) is 0 Å². The third-order valence-corrected chi connectivity index (χ3v) is 8.81. The van der Waals surface area contributed by atoms with E-state index in [1.54, 1.807) is 0 Å². The third kappa shape index (κ3) is 5.32. The van der Waals surface area contributed by atoms with E-state index in [-0.39, 0.29) is 0 Å². The van der Waals surface area contributed by atoms with Crippen molar-refractivity contribution in [2.24, 2.45) is 0 Å². The molecule has 0 radical (unpaired) electrons. The molecule has 0 N–H and O–H groups in total. The van der Waals surface area contributed by atoms with Gasteiger partial charge in [-0.15, -0.1) is 0 Å². The predicted molar refractivity (Wildman–Crippen MR) is 200 cm³/mol. The van der Waals surface area contributed by atoms with E-state index in [0.717, 1.165) is 39.8 Å². The molecule has 3 nitrogen and oxygen atoms in total. The highest BCUT2D eigenvalue weighted by Crippen LogP contribution is 2.42. The van der Waals surface area contributed by atoms with Gasteiger partial charge in [0.25, 0.3) is 0 Å². The molecule has 0 bridgehead atoms. The monoisotopic (exact) mass is 605 g/mol. The Hall–Kier alpha value is -6.06. The van der Waals surface area contributed by atoms with Crippen LogP contribution in [0.25, 0.3) is 27.5 Å². The number of nitrogens with zero attached hydrogens (tertiary/aromatic N) is 3. The molecule has 1 heterocycles. The van der Waals surface area contributed by atoms with Crippen molar-refractivity contribution in [1.29, 1.82) is 0 Å². The Balaban J connectivity index is 1.39. The van der Waals surface area contributed by atoms with Gasteiger partial charge in [0, 0.05) is 50.6 Å². The van der Waals surface area contributed by atoms with Crippen LogP contribution in [0.3, 0.4) is 0 Å².